The zero-order chi connectivity index (χ0) is 20.1. The molecule has 1 unspecified atom stereocenters. The van der Waals surface area contributed by atoms with Crippen molar-refractivity contribution in [3.05, 3.63) is 72.6 Å². The van der Waals surface area contributed by atoms with Crippen molar-refractivity contribution in [2.75, 3.05) is 48.4 Å². The molecule has 2 heterocycles. The van der Waals surface area contributed by atoms with Crippen molar-refractivity contribution in [2.24, 2.45) is 0 Å². The quantitative estimate of drug-likeness (QED) is 0.688. The second kappa shape index (κ2) is 8.82. The average Bonchev–Trinajstić information content (AvgIpc) is 2.80. The van der Waals surface area contributed by atoms with Gasteiger partial charge in [-0.1, -0.05) is 30.3 Å². The Hall–Kier alpha value is -3.28. The summed E-state index contributed by atoms with van der Waals surface area (Å²) in [5.41, 5.74) is 2.47. The number of anilines is 3. The number of hydrogen-bond donors (Lipinski definition) is 1. The van der Waals surface area contributed by atoms with Crippen LogP contribution in [0.4, 0.5) is 17.3 Å². The van der Waals surface area contributed by atoms with E-state index in [4.69, 9.17) is 4.74 Å². The highest BCUT2D eigenvalue weighted by Gasteiger charge is 2.19. The summed E-state index contributed by atoms with van der Waals surface area (Å²) < 4.78 is 5.25. The van der Waals surface area contributed by atoms with E-state index < -0.39 is 0 Å². The van der Waals surface area contributed by atoms with Gasteiger partial charge in [-0.2, -0.15) is 0 Å². The molecule has 1 aliphatic heterocycles. The van der Waals surface area contributed by atoms with E-state index in [2.05, 4.69) is 68.4 Å². The molecule has 1 N–H and O–H groups in total. The van der Waals surface area contributed by atoms with E-state index in [0.29, 0.717) is 0 Å². The first kappa shape index (κ1) is 19.1. The van der Waals surface area contributed by atoms with Gasteiger partial charge in [0.25, 0.3) is 0 Å². The lowest BCUT2D eigenvalue weighted by atomic mass is 10.1. The molecule has 0 bridgehead atoms. The molecule has 3 aromatic rings. The highest BCUT2D eigenvalue weighted by atomic mass is 16.5. The van der Waals surface area contributed by atoms with Gasteiger partial charge in [-0.3, -0.25) is 0 Å². The molecule has 2 aromatic carbocycles. The smallest absolute Gasteiger partial charge is 0.134 e. The molecule has 0 aliphatic carbocycles. The zero-order valence-electron chi connectivity index (χ0n) is 17.0. The van der Waals surface area contributed by atoms with Gasteiger partial charge >= 0.3 is 0 Å². The van der Waals surface area contributed by atoms with E-state index in [9.17, 15) is 0 Å². The van der Waals surface area contributed by atoms with Gasteiger partial charge in [-0.15, -0.1) is 0 Å². The standard InChI is InChI=1S/C23H27N5O/c1-18(19-6-4-3-5-7-19)26-22-16-23(25-17-24-22)28-14-12-27(13-15-28)20-8-10-21(29-2)11-9-20/h3-11,16-18H,12-15H2,1-2H3,(H,24,25,26). The molecule has 1 fully saturated rings. The fourth-order valence-electron chi connectivity index (χ4n) is 3.63. The lowest BCUT2D eigenvalue weighted by molar-refractivity contribution is 0.415. The third-order valence-electron chi connectivity index (χ3n) is 5.36. The Morgan fingerprint density at radius 3 is 2.28 bits per heavy atom. The third kappa shape index (κ3) is 4.59. The van der Waals surface area contributed by atoms with Gasteiger partial charge in [0.15, 0.2) is 0 Å². The summed E-state index contributed by atoms with van der Waals surface area (Å²) in [7, 11) is 1.69. The molecule has 29 heavy (non-hydrogen) atoms. The zero-order valence-corrected chi connectivity index (χ0v) is 17.0. The minimum absolute atomic E-state index is 0.186. The van der Waals surface area contributed by atoms with Crippen LogP contribution in [-0.2, 0) is 0 Å². The van der Waals surface area contributed by atoms with Crippen LogP contribution in [0.1, 0.15) is 18.5 Å². The van der Waals surface area contributed by atoms with Crippen LogP contribution in [0, 0.1) is 0 Å². The van der Waals surface area contributed by atoms with Gasteiger partial charge in [0.1, 0.15) is 23.7 Å². The van der Waals surface area contributed by atoms with E-state index in [0.717, 1.165) is 43.6 Å². The van der Waals surface area contributed by atoms with Crippen molar-refractivity contribution in [3.8, 4) is 5.75 Å². The number of nitrogens with zero attached hydrogens (tertiary/aromatic N) is 4. The number of nitrogens with one attached hydrogen (secondary N) is 1. The van der Waals surface area contributed by atoms with Crippen LogP contribution in [0.25, 0.3) is 0 Å². The first-order valence-electron chi connectivity index (χ1n) is 10.0. The number of benzene rings is 2. The SMILES string of the molecule is COc1ccc(N2CCN(c3cc(NC(C)c4ccccc4)ncn3)CC2)cc1. The van der Waals surface area contributed by atoms with Gasteiger partial charge in [0.2, 0.25) is 0 Å². The Bertz CT molecular complexity index is 908. The fourth-order valence-corrected chi connectivity index (χ4v) is 3.63. The second-order valence-corrected chi connectivity index (χ2v) is 7.21. The first-order chi connectivity index (χ1) is 14.2. The van der Waals surface area contributed by atoms with Crippen LogP contribution in [0.3, 0.4) is 0 Å². The number of methoxy groups -OCH3 is 1. The molecule has 1 aliphatic rings. The molecule has 1 aromatic heterocycles. The minimum Gasteiger partial charge on any atom is -0.497 e. The van der Waals surface area contributed by atoms with Crippen LogP contribution in [-0.4, -0.2) is 43.3 Å². The van der Waals surface area contributed by atoms with Crippen molar-refractivity contribution in [3.63, 3.8) is 0 Å². The topological polar surface area (TPSA) is 53.5 Å². The first-order valence-corrected chi connectivity index (χ1v) is 10.0. The van der Waals surface area contributed by atoms with Crippen molar-refractivity contribution < 1.29 is 4.74 Å². The minimum atomic E-state index is 0.186. The molecule has 6 heteroatoms. The van der Waals surface area contributed by atoms with E-state index in [1.807, 2.05) is 24.3 Å². The highest BCUT2D eigenvalue weighted by molar-refractivity contribution is 5.53. The molecule has 0 saturated carbocycles. The maximum absolute atomic E-state index is 5.25. The van der Waals surface area contributed by atoms with Crippen LogP contribution in [0.5, 0.6) is 5.75 Å². The summed E-state index contributed by atoms with van der Waals surface area (Å²) in [5, 5.41) is 3.48. The summed E-state index contributed by atoms with van der Waals surface area (Å²) >= 11 is 0. The van der Waals surface area contributed by atoms with Crippen molar-refractivity contribution in [1.29, 1.82) is 0 Å². The lowest BCUT2D eigenvalue weighted by Crippen LogP contribution is -2.46. The Morgan fingerprint density at radius 2 is 1.59 bits per heavy atom. The number of piperazine rings is 1. The lowest BCUT2D eigenvalue weighted by Gasteiger charge is -2.36. The van der Waals surface area contributed by atoms with Crippen LogP contribution in [0.2, 0.25) is 0 Å². The number of ether oxygens (including phenoxy) is 1. The summed E-state index contributed by atoms with van der Waals surface area (Å²) in [6.07, 6.45) is 1.64. The number of rotatable bonds is 6. The predicted octanol–water partition coefficient (Wildman–Crippen LogP) is 3.98. The summed E-state index contributed by atoms with van der Waals surface area (Å²) in [6, 6.07) is 20.9. The van der Waals surface area contributed by atoms with Gasteiger partial charge in [0.05, 0.1) is 7.11 Å². The van der Waals surface area contributed by atoms with Crippen molar-refractivity contribution >= 4 is 17.3 Å². The number of hydrogen-bond acceptors (Lipinski definition) is 6. The molecule has 0 radical (unpaired) electrons. The van der Waals surface area contributed by atoms with Crippen LogP contribution < -0.4 is 19.9 Å². The Kier molecular flexibility index (Phi) is 5.79. The molecule has 1 saturated heterocycles. The van der Waals surface area contributed by atoms with Crippen LogP contribution in [0.15, 0.2) is 67.0 Å². The summed E-state index contributed by atoms with van der Waals surface area (Å²) in [5.74, 6) is 2.71. The molecule has 0 amide bonds. The predicted molar refractivity (Wildman–Crippen MR) is 118 cm³/mol. The van der Waals surface area contributed by atoms with Gasteiger partial charge in [-0.25, -0.2) is 9.97 Å². The monoisotopic (exact) mass is 389 g/mol. The molecule has 4 rings (SSSR count). The van der Waals surface area contributed by atoms with E-state index in [-0.39, 0.29) is 6.04 Å². The third-order valence-corrected chi connectivity index (χ3v) is 5.36. The molecule has 0 spiro atoms. The van der Waals surface area contributed by atoms with Gasteiger partial charge < -0.3 is 19.9 Å². The maximum Gasteiger partial charge on any atom is 0.134 e. The fraction of sp³-hybridized carbons (Fsp3) is 0.304. The largest absolute Gasteiger partial charge is 0.497 e. The highest BCUT2D eigenvalue weighted by Crippen LogP contribution is 2.24. The normalized spacial score (nSPS) is 15.1. The Labute approximate surface area is 172 Å². The van der Waals surface area contributed by atoms with Gasteiger partial charge in [0, 0.05) is 44.0 Å². The van der Waals surface area contributed by atoms with Crippen LogP contribution >= 0.6 is 0 Å². The van der Waals surface area contributed by atoms with E-state index >= 15 is 0 Å². The Balaban J connectivity index is 1.38. The molecule has 150 valence electrons. The molecule has 1 atom stereocenters. The van der Waals surface area contributed by atoms with Crippen molar-refractivity contribution in [2.45, 2.75) is 13.0 Å². The average molecular weight is 390 g/mol. The molecular formula is C23H27N5O. The molecular weight excluding hydrogens is 362 g/mol. The summed E-state index contributed by atoms with van der Waals surface area (Å²) in [4.78, 5) is 13.6. The second-order valence-electron chi connectivity index (χ2n) is 7.21. The molecule has 6 nitrogen and oxygen atoms in total. The van der Waals surface area contributed by atoms with E-state index in [1.165, 1.54) is 11.3 Å². The summed E-state index contributed by atoms with van der Waals surface area (Å²) in [6.45, 7) is 5.91. The Morgan fingerprint density at radius 1 is 0.897 bits per heavy atom. The van der Waals surface area contributed by atoms with E-state index in [1.54, 1.807) is 13.4 Å². The van der Waals surface area contributed by atoms with Crippen molar-refractivity contribution in [1.82, 2.24) is 9.97 Å². The number of aromatic nitrogens is 2. The maximum atomic E-state index is 5.25. The van der Waals surface area contributed by atoms with Gasteiger partial charge in [-0.05, 0) is 36.8 Å².